The Balaban J connectivity index is 1.00. The van der Waals surface area contributed by atoms with Crippen molar-refractivity contribution < 1.29 is 14.4 Å². The second-order valence-electron chi connectivity index (χ2n) is 14.0. The minimum Gasteiger partial charge on any atom is -0.397 e. The number of piperidine rings is 2. The van der Waals surface area contributed by atoms with Gasteiger partial charge in [-0.15, -0.1) is 17.8 Å². The lowest BCUT2D eigenvalue weighted by Crippen LogP contribution is -2.54. The smallest absolute Gasteiger partial charge is 0.323 e. The number of fused-ring (bicyclic) bond motifs is 3. The number of hydrogen-bond donors (Lipinski definition) is 2. The number of nitrogens with two attached hydrogens (primary N) is 1. The zero-order valence-electron chi connectivity index (χ0n) is 27.0. The molecule has 3 N–H and O–H groups in total. The molecular weight excluding hydrogens is 634 g/mol. The second kappa shape index (κ2) is 13.3. The third-order valence-corrected chi connectivity index (χ3v) is 12.4. The van der Waals surface area contributed by atoms with Crippen LogP contribution in [-0.2, 0) is 22.6 Å². The van der Waals surface area contributed by atoms with E-state index in [4.69, 9.17) is 23.8 Å². The minimum atomic E-state index is -0.538. The van der Waals surface area contributed by atoms with E-state index in [1.165, 1.54) is 6.42 Å². The number of rotatable bonds is 7. The lowest BCUT2D eigenvalue weighted by atomic mass is 9.91. The van der Waals surface area contributed by atoms with Crippen molar-refractivity contribution in [3.8, 4) is 12.3 Å². The van der Waals surface area contributed by atoms with Crippen molar-refractivity contribution in [1.82, 2.24) is 24.5 Å². The molecule has 0 aliphatic carbocycles. The highest BCUT2D eigenvalue weighted by Gasteiger charge is 2.45. The number of nitrogens with zero attached hydrogens (tertiary/aromatic N) is 5. The molecule has 2 aromatic rings. The van der Waals surface area contributed by atoms with Crippen LogP contribution in [0, 0.1) is 18.3 Å². The molecule has 7 rings (SSSR count). The third-order valence-electron chi connectivity index (χ3n) is 11.2. The van der Waals surface area contributed by atoms with Crippen LogP contribution in [0.3, 0.4) is 0 Å². The Bertz CT molecular complexity index is 1570. The lowest BCUT2D eigenvalue weighted by molar-refractivity contribution is -0.143. The molecule has 2 unspecified atom stereocenters. The normalized spacial score (nSPS) is 24.7. The zero-order valence-corrected chi connectivity index (χ0v) is 28.6. The molecule has 4 amide bonds. The van der Waals surface area contributed by atoms with E-state index in [-0.39, 0.29) is 30.3 Å². The van der Waals surface area contributed by atoms with Crippen molar-refractivity contribution in [2.24, 2.45) is 5.92 Å². The van der Waals surface area contributed by atoms with Gasteiger partial charge in [-0.05, 0) is 74.7 Å². The first-order valence-corrected chi connectivity index (χ1v) is 18.1. The Morgan fingerprint density at radius 1 is 1.06 bits per heavy atom. The van der Waals surface area contributed by atoms with Gasteiger partial charge in [0.15, 0.2) is 0 Å². The quantitative estimate of drug-likeness (QED) is 0.340. The van der Waals surface area contributed by atoms with Crippen LogP contribution < -0.4 is 11.1 Å². The Morgan fingerprint density at radius 2 is 1.79 bits per heavy atom. The molecule has 2 bridgehead atoms. The molecule has 4 fully saturated rings. The maximum absolute atomic E-state index is 14.2. The molecule has 250 valence electrons. The summed E-state index contributed by atoms with van der Waals surface area (Å²) in [5.74, 6) is 2.04. The summed E-state index contributed by atoms with van der Waals surface area (Å²) < 4.78 is 0. The molecule has 5 aliphatic rings. The summed E-state index contributed by atoms with van der Waals surface area (Å²) in [5, 5.41) is 6.28. The molecule has 4 saturated heterocycles. The number of amides is 4. The number of halogens is 1. The van der Waals surface area contributed by atoms with E-state index in [1.54, 1.807) is 17.4 Å². The van der Waals surface area contributed by atoms with Gasteiger partial charge in [-0.1, -0.05) is 17.5 Å². The summed E-state index contributed by atoms with van der Waals surface area (Å²) in [5.41, 5.74) is 8.87. The number of carbonyl (C=O) groups is 3. The summed E-state index contributed by atoms with van der Waals surface area (Å²) in [4.78, 5) is 51.7. The van der Waals surface area contributed by atoms with Crippen LogP contribution in [0.2, 0.25) is 5.02 Å². The summed E-state index contributed by atoms with van der Waals surface area (Å²) in [6.07, 6.45) is 10.7. The highest BCUT2D eigenvalue weighted by atomic mass is 35.5. The fourth-order valence-electron chi connectivity index (χ4n) is 8.52. The van der Waals surface area contributed by atoms with E-state index in [0.29, 0.717) is 86.4 Å². The van der Waals surface area contributed by atoms with E-state index >= 15 is 0 Å². The van der Waals surface area contributed by atoms with Gasteiger partial charge in [0.2, 0.25) is 11.8 Å². The number of nitrogens with one attached hydrogen (secondary N) is 1. The molecular formula is C35H44ClN7O3S. The van der Waals surface area contributed by atoms with Gasteiger partial charge < -0.3 is 25.3 Å². The number of likely N-dealkylation sites (tertiary alicyclic amines) is 4. The minimum absolute atomic E-state index is 0.0149. The van der Waals surface area contributed by atoms with Crippen LogP contribution in [-0.4, -0.2) is 113 Å². The molecule has 10 nitrogen and oxygen atoms in total. The number of likely N-dealkylation sites (N-methyl/N-ethyl adjacent to an activating group) is 1. The molecule has 0 saturated carbocycles. The maximum Gasteiger partial charge on any atom is 0.323 e. The number of benzene rings is 1. The maximum atomic E-state index is 14.2. The van der Waals surface area contributed by atoms with Crippen molar-refractivity contribution in [1.29, 1.82) is 0 Å². The van der Waals surface area contributed by atoms with Gasteiger partial charge in [-0.3, -0.25) is 19.8 Å². The van der Waals surface area contributed by atoms with Crippen LogP contribution in [0.25, 0.3) is 0 Å². The fraction of sp³-hybridized carbons (Fsp3) is 0.571. The Labute approximate surface area is 286 Å². The van der Waals surface area contributed by atoms with E-state index in [2.05, 4.69) is 34.2 Å². The van der Waals surface area contributed by atoms with Crippen molar-refractivity contribution in [3.63, 3.8) is 0 Å². The van der Waals surface area contributed by atoms with E-state index in [9.17, 15) is 14.4 Å². The van der Waals surface area contributed by atoms with Crippen molar-refractivity contribution in [2.45, 2.75) is 75.7 Å². The predicted molar refractivity (Wildman–Crippen MR) is 185 cm³/mol. The molecule has 3 atom stereocenters. The van der Waals surface area contributed by atoms with E-state index < -0.39 is 5.92 Å². The van der Waals surface area contributed by atoms with E-state index in [1.807, 2.05) is 26.1 Å². The first kappa shape index (κ1) is 32.3. The zero-order chi connectivity index (χ0) is 32.8. The van der Waals surface area contributed by atoms with Gasteiger partial charge in [-0.2, -0.15) is 0 Å². The van der Waals surface area contributed by atoms with E-state index in [0.717, 1.165) is 42.1 Å². The second-order valence-corrected chi connectivity index (χ2v) is 15.3. The monoisotopic (exact) mass is 677 g/mol. The number of nitrogen functional groups attached to an aromatic ring is 1. The summed E-state index contributed by atoms with van der Waals surface area (Å²) in [7, 11) is 2.22. The Morgan fingerprint density at radius 3 is 2.47 bits per heavy atom. The molecule has 1 aromatic carbocycles. The van der Waals surface area contributed by atoms with Gasteiger partial charge in [0, 0.05) is 81.0 Å². The lowest BCUT2D eigenvalue weighted by Gasteiger charge is -2.42. The number of thiophene rings is 1. The number of piperazine rings is 1. The predicted octanol–water partition coefficient (Wildman–Crippen LogP) is 3.93. The number of carbonyl (C=O) groups excluding carboxylic acids is 3. The summed E-state index contributed by atoms with van der Waals surface area (Å²) in [6, 6.07) is 7.42. The van der Waals surface area contributed by atoms with Crippen LogP contribution in [0.1, 0.15) is 55.2 Å². The highest BCUT2D eigenvalue weighted by Crippen LogP contribution is 2.35. The fourth-order valence-corrected chi connectivity index (χ4v) is 9.56. The molecule has 47 heavy (non-hydrogen) atoms. The van der Waals surface area contributed by atoms with Crippen LogP contribution >= 0.6 is 22.9 Å². The first-order chi connectivity index (χ1) is 22.7. The van der Waals surface area contributed by atoms with Crippen molar-refractivity contribution in [3.05, 3.63) is 45.3 Å². The van der Waals surface area contributed by atoms with Crippen LogP contribution in [0.15, 0.2) is 23.6 Å². The third kappa shape index (κ3) is 6.45. The standard InChI is InChI=1S/C35H44ClN7O3S/c1-3-23-14-22(16-30(36)32(23)37)15-25(34(45)41-11-6-26(7-12-41)42-21-28-18-29(42)20-39(28)2)17-31(44)40-9-4-27(5-10-40)43-19-24-8-13-47-33(24)38-35(43)46/h1,8,13-14,16,25-29H,4-7,9-12,15,17-21,37H2,2H3,(H,38,46)/t25-,28?,29?/m0/s1. The Hall–Kier alpha value is -3.30. The topological polar surface area (TPSA) is 105 Å². The average molecular weight is 678 g/mol. The number of anilines is 2. The van der Waals surface area contributed by atoms with Gasteiger partial charge in [0.1, 0.15) is 5.00 Å². The van der Waals surface area contributed by atoms with Crippen molar-refractivity contribution >= 4 is 51.5 Å². The molecule has 1 aromatic heterocycles. The highest BCUT2D eigenvalue weighted by molar-refractivity contribution is 7.14. The first-order valence-electron chi connectivity index (χ1n) is 16.9. The molecule has 6 heterocycles. The number of terminal acetylenes is 1. The van der Waals surface area contributed by atoms with Crippen LogP contribution in [0.4, 0.5) is 15.5 Å². The average Bonchev–Trinajstić information content (AvgIpc) is 3.81. The van der Waals surface area contributed by atoms with Gasteiger partial charge in [0.05, 0.1) is 23.2 Å². The molecule has 5 aliphatic heterocycles. The number of urea groups is 1. The van der Waals surface area contributed by atoms with Gasteiger partial charge >= 0.3 is 6.03 Å². The van der Waals surface area contributed by atoms with Crippen LogP contribution in [0.5, 0.6) is 0 Å². The molecule has 0 radical (unpaired) electrons. The Kier molecular flexibility index (Phi) is 9.13. The molecule has 12 heteroatoms. The largest absolute Gasteiger partial charge is 0.397 e. The molecule has 0 spiro atoms. The van der Waals surface area contributed by atoms with Crippen molar-refractivity contribution in [2.75, 3.05) is 57.4 Å². The number of hydrogen-bond acceptors (Lipinski definition) is 7. The van der Waals surface area contributed by atoms with Gasteiger partial charge in [0.25, 0.3) is 0 Å². The SMILES string of the molecule is C#Cc1cc(C[C@@H](CC(=O)N2CCC(N3Cc4ccsc4NC3=O)CC2)C(=O)N2CCC(N3CC4CC3CN4C)CC2)cc(Cl)c1N. The summed E-state index contributed by atoms with van der Waals surface area (Å²) in [6.45, 7) is 5.36. The summed E-state index contributed by atoms with van der Waals surface area (Å²) >= 11 is 7.97. The van der Waals surface area contributed by atoms with Gasteiger partial charge in [-0.25, -0.2) is 4.79 Å².